The fourth-order valence-corrected chi connectivity index (χ4v) is 1.69. The van der Waals surface area contributed by atoms with Crippen molar-refractivity contribution in [2.45, 2.75) is 19.4 Å². The standard InChI is InChI=1S/C11H13N3O2/c1-7-4-9-5-8(2-3-10(9)16-7)6-13-14-11(12)15/h2-3,5-7H,4H2,1H3,(H3,12,14,15). The lowest BCUT2D eigenvalue weighted by atomic mass is 10.1. The summed E-state index contributed by atoms with van der Waals surface area (Å²) in [5.41, 5.74) is 9.10. The van der Waals surface area contributed by atoms with Gasteiger partial charge < -0.3 is 10.5 Å². The van der Waals surface area contributed by atoms with Crippen molar-refractivity contribution in [3.05, 3.63) is 29.3 Å². The van der Waals surface area contributed by atoms with E-state index >= 15 is 0 Å². The summed E-state index contributed by atoms with van der Waals surface area (Å²) in [6.45, 7) is 2.03. The van der Waals surface area contributed by atoms with Crippen molar-refractivity contribution in [1.29, 1.82) is 0 Å². The minimum atomic E-state index is -0.672. The zero-order valence-corrected chi connectivity index (χ0v) is 8.93. The van der Waals surface area contributed by atoms with Crippen LogP contribution < -0.4 is 15.9 Å². The number of primary amides is 1. The molecule has 2 amide bonds. The minimum absolute atomic E-state index is 0.228. The molecule has 1 unspecified atom stereocenters. The number of benzene rings is 1. The van der Waals surface area contributed by atoms with E-state index in [1.165, 1.54) is 0 Å². The average Bonchev–Trinajstić information content (AvgIpc) is 2.56. The van der Waals surface area contributed by atoms with Crippen LogP contribution in [0.1, 0.15) is 18.1 Å². The maximum absolute atomic E-state index is 10.4. The van der Waals surface area contributed by atoms with Crippen molar-refractivity contribution in [1.82, 2.24) is 5.43 Å². The summed E-state index contributed by atoms with van der Waals surface area (Å²) in [6, 6.07) is 5.10. The number of hydrogen-bond acceptors (Lipinski definition) is 3. The van der Waals surface area contributed by atoms with E-state index in [0.717, 1.165) is 23.3 Å². The molecule has 0 saturated carbocycles. The Balaban J connectivity index is 2.10. The van der Waals surface area contributed by atoms with Crippen LogP contribution in [0.4, 0.5) is 4.79 Å². The molecule has 0 saturated heterocycles. The maximum Gasteiger partial charge on any atom is 0.332 e. The first-order valence-electron chi connectivity index (χ1n) is 5.03. The lowest BCUT2D eigenvalue weighted by Crippen LogP contribution is -2.24. The molecule has 1 aromatic carbocycles. The monoisotopic (exact) mass is 219 g/mol. The molecular formula is C11H13N3O2. The summed E-state index contributed by atoms with van der Waals surface area (Å²) in [6.07, 6.45) is 2.68. The smallest absolute Gasteiger partial charge is 0.332 e. The topological polar surface area (TPSA) is 76.7 Å². The third kappa shape index (κ3) is 2.31. The number of nitrogens with two attached hydrogens (primary N) is 1. The zero-order valence-electron chi connectivity index (χ0n) is 8.93. The number of hydrogen-bond donors (Lipinski definition) is 2. The number of ether oxygens (including phenoxy) is 1. The second-order valence-electron chi connectivity index (χ2n) is 3.73. The number of fused-ring (bicyclic) bond motifs is 1. The van der Waals surface area contributed by atoms with Crippen molar-refractivity contribution in [3.63, 3.8) is 0 Å². The van der Waals surface area contributed by atoms with Gasteiger partial charge in [0.2, 0.25) is 0 Å². The van der Waals surface area contributed by atoms with Gasteiger partial charge in [0.15, 0.2) is 0 Å². The van der Waals surface area contributed by atoms with Crippen LogP contribution in [-0.4, -0.2) is 18.3 Å². The van der Waals surface area contributed by atoms with E-state index in [1.54, 1.807) is 6.21 Å². The molecule has 1 aliphatic rings. The van der Waals surface area contributed by atoms with Crippen LogP contribution >= 0.6 is 0 Å². The minimum Gasteiger partial charge on any atom is -0.490 e. The molecule has 0 radical (unpaired) electrons. The molecule has 0 aromatic heterocycles. The predicted octanol–water partition coefficient (Wildman–Crippen LogP) is 1.01. The zero-order chi connectivity index (χ0) is 11.5. The third-order valence-corrected chi connectivity index (χ3v) is 2.31. The van der Waals surface area contributed by atoms with Crippen molar-refractivity contribution in [2.75, 3.05) is 0 Å². The fourth-order valence-electron chi connectivity index (χ4n) is 1.69. The number of urea groups is 1. The van der Waals surface area contributed by atoms with Gasteiger partial charge in [0, 0.05) is 6.42 Å². The molecule has 0 spiro atoms. The molecule has 3 N–H and O–H groups in total. The van der Waals surface area contributed by atoms with Crippen LogP contribution in [0.3, 0.4) is 0 Å². The second-order valence-corrected chi connectivity index (χ2v) is 3.73. The van der Waals surface area contributed by atoms with Gasteiger partial charge in [0.1, 0.15) is 11.9 Å². The highest BCUT2D eigenvalue weighted by molar-refractivity contribution is 5.82. The Bertz CT molecular complexity index is 443. The van der Waals surface area contributed by atoms with E-state index in [-0.39, 0.29) is 6.10 Å². The SMILES string of the molecule is CC1Cc2cc(C=NNC(N)=O)ccc2O1. The van der Waals surface area contributed by atoms with Crippen LogP contribution in [-0.2, 0) is 6.42 Å². The van der Waals surface area contributed by atoms with Crippen molar-refractivity contribution in [3.8, 4) is 5.75 Å². The highest BCUT2D eigenvalue weighted by Crippen LogP contribution is 2.28. The van der Waals surface area contributed by atoms with E-state index in [0.29, 0.717) is 0 Å². The van der Waals surface area contributed by atoms with E-state index < -0.39 is 6.03 Å². The highest BCUT2D eigenvalue weighted by atomic mass is 16.5. The van der Waals surface area contributed by atoms with Gasteiger partial charge in [0.25, 0.3) is 0 Å². The van der Waals surface area contributed by atoms with E-state index in [9.17, 15) is 4.79 Å². The van der Waals surface area contributed by atoms with Gasteiger partial charge >= 0.3 is 6.03 Å². The molecule has 1 aromatic rings. The molecule has 16 heavy (non-hydrogen) atoms. The first-order chi connectivity index (χ1) is 7.65. The Hall–Kier alpha value is -2.04. The van der Waals surface area contributed by atoms with E-state index in [1.807, 2.05) is 25.1 Å². The Kier molecular flexibility index (Phi) is 2.76. The summed E-state index contributed by atoms with van der Waals surface area (Å²) in [5, 5.41) is 3.70. The fraction of sp³-hybridized carbons (Fsp3) is 0.273. The summed E-state index contributed by atoms with van der Waals surface area (Å²) < 4.78 is 5.57. The Labute approximate surface area is 93.3 Å². The van der Waals surface area contributed by atoms with Crippen molar-refractivity contribution >= 4 is 12.2 Å². The first-order valence-corrected chi connectivity index (χ1v) is 5.03. The lowest BCUT2D eigenvalue weighted by molar-refractivity contribution is 0.249. The van der Waals surface area contributed by atoms with Crippen LogP contribution in [0.25, 0.3) is 0 Å². The van der Waals surface area contributed by atoms with Gasteiger partial charge in [-0.15, -0.1) is 0 Å². The van der Waals surface area contributed by atoms with Gasteiger partial charge in [-0.3, -0.25) is 0 Å². The van der Waals surface area contributed by atoms with Gasteiger partial charge in [-0.25, -0.2) is 10.2 Å². The number of carbonyl (C=O) groups excluding carboxylic acids is 1. The maximum atomic E-state index is 10.4. The number of nitrogens with zero attached hydrogens (tertiary/aromatic N) is 1. The highest BCUT2D eigenvalue weighted by Gasteiger charge is 2.18. The molecule has 0 fully saturated rings. The van der Waals surface area contributed by atoms with Gasteiger partial charge in [-0.2, -0.15) is 5.10 Å². The third-order valence-electron chi connectivity index (χ3n) is 2.31. The molecular weight excluding hydrogens is 206 g/mol. The summed E-state index contributed by atoms with van der Waals surface area (Å²) in [7, 11) is 0. The van der Waals surface area contributed by atoms with Crippen LogP contribution in [0.2, 0.25) is 0 Å². The van der Waals surface area contributed by atoms with Crippen molar-refractivity contribution in [2.24, 2.45) is 10.8 Å². The summed E-state index contributed by atoms with van der Waals surface area (Å²) in [4.78, 5) is 10.4. The van der Waals surface area contributed by atoms with E-state index in [4.69, 9.17) is 10.5 Å². The summed E-state index contributed by atoms with van der Waals surface area (Å²) in [5.74, 6) is 0.924. The van der Waals surface area contributed by atoms with Gasteiger partial charge in [-0.1, -0.05) is 0 Å². The van der Waals surface area contributed by atoms with Gasteiger partial charge in [0.05, 0.1) is 6.21 Å². The number of rotatable bonds is 2. The largest absolute Gasteiger partial charge is 0.490 e. The number of nitrogens with one attached hydrogen (secondary N) is 1. The lowest BCUT2D eigenvalue weighted by Gasteiger charge is -2.01. The first kappa shape index (κ1) is 10.5. The van der Waals surface area contributed by atoms with Crippen LogP contribution in [0.5, 0.6) is 5.75 Å². The molecule has 2 rings (SSSR count). The molecule has 0 aliphatic carbocycles. The Morgan fingerprint density at radius 1 is 1.69 bits per heavy atom. The average molecular weight is 219 g/mol. The normalized spacial score (nSPS) is 18.2. The quantitative estimate of drug-likeness (QED) is 0.575. The summed E-state index contributed by atoms with van der Waals surface area (Å²) >= 11 is 0. The molecule has 84 valence electrons. The molecule has 0 bridgehead atoms. The van der Waals surface area contributed by atoms with Crippen LogP contribution in [0, 0.1) is 0 Å². The number of carbonyl (C=O) groups is 1. The van der Waals surface area contributed by atoms with Crippen molar-refractivity contribution < 1.29 is 9.53 Å². The molecule has 5 nitrogen and oxygen atoms in total. The van der Waals surface area contributed by atoms with E-state index in [2.05, 4.69) is 10.5 Å². The number of hydrazone groups is 1. The predicted molar refractivity (Wildman–Crippen MR) is 60.5 cm³/mol. The van der Waals surface area contributed by atoms with Crippen LogP contribution in [0.15, 0.2) is 23.3 Å². The Morgan fingerprint density at radius 2 is 2.50 bits per heavy atom. The Morgan fingerprint density at radius 3 is 3.25 bits per heavy atom. The molecule has 1 aliphatic heterocycles. The van der Waals surface area contributed by atoms with Gasteiger partial charge in [-0.05, 0) is 36.2 Å². The number of amides is 2. The molecule has 1 atom stereocenters. The molecule has 5 heteroatoms. The molecule has 1 heterocycles. The second kappa shape index (κ2) is 4.22.